The van der Waals surface area contributed by atoms with Crippen molar-refractivity contribution in [3.8, 4) is 11.8 Å². The van der Waals surface area contributed by atoms with Gasteiger partial charge >= 0.3 is 0 Å². The van der Waals surface area contributed by atoms with Crippen molar-refractivity contribution in [2.45, 2.75) is 43.7 Å². The minimum absolute atomic E-state index is 0.000752. The number of nitriles is 1. The first-order chi connectivity index (χ1) is 15.4. The molecule has 0 spiro atoms. The fourth-order valence-electron chi connectivity index (χ4n) is 6.13. The van der Waals surface area contributed by atoms with Crippen LogP contribution in [0.4, 0.5) is 17.2 Å². The number of amides is 1. The van der Waals surface area contributed by atoms with Gasteiger partial charge in [-0.2, -0.15) is 5.26 Å². The number of carbonyl (C=O) groups is 1. The van der Waals surface area contributed by atoms with Gasteiger partial charge in [0.1, 0.15) is 17.6 Å². The van der Waals surface area contributed by atoms with E-state index in [0.29, 0.717) is 40.6 Å². The maximum atomic E-state index is 12.1. The van der Waals surface area contributed by atoms with E-state index in [2.05, 4.69) is 15.6 Å². The van der Waals surface area contributed by atoms with E-state index < -0.39 is 11.5 Å². The lowest BCUT2D eigenvalue weighted by molar-refractivity contribution is -0.129. The summed E-state index contributed by atoms with van der Waals surface area (Å²) >= 11 is 0. The highest BCUT2D eigenvalue weighted by Gasteiger charge is 2.54. The van der Waals surface area contributed by atoms with Crippen LogP contribution in [0.15, 0.2) is 36.5 Å². The van der Waals surface area contributed by atoms with Gasteiger partial charge in [0.15, 0.2) is 6.61 Å². The van der Waals surface area contributed by atoms with Crippen LogP contribution in [0, 0.1) is 29.1 Å². The molecule has 4 bridgehead atoms. The fraction of sp³-hybridized carbons (Fsp3) is 0.458. The number of anilines is 3. The van der Waals surface area contributed by atoms with Crippen LogP contribution < -0.4 is 21.1 Å². The molecule has 1 amide bonds. The van der Waals surface area contributed by atoms with E-state index in [1.807, 2.05) is 24.3 Å². The van der Waals surface area contributed by atoms with Crippen molar-refractivity contribution in [3.63, 3.8) is 0 Å². The first-order valence-electron chi connectivity index (χ1n) is 11.1. The first kappa shape index (κ1) is 20.6. The summed E-state index contributed by atoms with van der Waals surface area (Å²) < 4.78 is 5.28. The monoisotopic (exact) mass is 433 g/mol. The Morgan fingerprint density at radius 3 is 2.59 bits per heavy atom. The molecule has 8 heteroatoms. The Kier molecular flexibility index (Phi) is 5.14. The molecule has 1 aromatic carbocycles. The minimum Gasteiger partial charge on any atom is -0.479 e. The highest BCUT2D eigenvalue weighted by molar-refractivity contribution is 5.98. The molecule has 1 heterocycles. The Morgan fingerprint density at radius 2 is 1.97 bits per heavy atom. The van der Waals surface area contributed by atoms with Crippen LogP contribution in [0.5, 0.6) is 5.75 Å². The average molecular weight is 434 g/mol. The maximum absolute atomic E-state index is 12.1. The van der Waals surface area contributed by atoms with Crippen molar-refractivity contribution in [3.05, 3.63) is 42.1 Å². The highest BCUT2D eigenvalue weighted by Crippen LogP contribution is 2.56. The summed E-state index contributed by atoms with van der Waals surface area (Å²) in [5.74, 6) is 2.09. The molecule has 2 aromatic rings. The lowest BCUT2D eigenvalue weighted by Crippen LogP contribution is -2.59. The van der Waals surface area contributed by atoms with Crippen molar-refractivity contribution in [1.29, 1.82) is 5.26 Å². The Balaban J connectivity index is 1.35. The zero-order valence-electron chi connectivity index (χ0n) is 17.8. The van der Waals surface area contributed by atoms with Gasteiger partial charge in [0.25, 0.3) is 5.91 Å². The summed E-state index contributed by atoms with van der Waals surface area (Å²) in [5.41, 5.74) is 6.96. The van der Waals surface area contributed by atoms with Gasteiger partial charge in [-0.3, -0.25) is 4.79 Å². The third-order valence-electron chi connectivity index (χ3n) is 7.16. The minimum atomic E-state index is -0.520. The maximum Gasteiger partial charge on any atom is 0.252 e. The SMILES string of the molecule is N#CCOc1ccc(Nc2cc(N[C@H]3[C@@H]4C[C@H]5C[C@H]3C[C@@](O)(C5)C4)c(C(N)=O)cn2)cc1. The lowest BCUT2D eigenvalue weighted by atomic mass is 9.52. The predicted molar refractivity (Wildman–Crippen MR) is 120 cm³/mol. The molecule has 4 saturated carbocycles. The Morgan fingerprint density at radius 1 is 1.25 bits per heavy atom. The van der Waals surface area contributed by atoms with E-state index in [0.717, 1.165) is 37.8 Å². The number of pyridine rings is 1. The second kappa shape index (κ2) is 7.99. The number of ether oxygens (including phenoxy) is 1. The summed E-state index contributed by atoms with van der Waals surface area (Å²) in [7, 11) is 0. The number of rotatable bonds is 7. The zero-order valence-corrected chi connectivity index (χ0v) is 17.8. The van der Waals surface area contributed by atoms with Crippen LogP contribution in [0.25, 0.3) is 0 Å². The molecule has 0 unspecified atom stereocenters. The third-order valence-corrected chi connectivity index (χ3v) is 7.16. The molecule has 8 nitrogen and oxygen atoms in total. The summed E-state index contributed by atoms with van der Waals surface area (Å²) in [4.78, 5) is 16.4. The van der Waals surface area contributed by atoms with E-state index in [9.17, 15) is 9.90 Å². The molecule has 4 aliphatic rings. The Hall–Kier alpha value is -3.31. The van der Waals surface area contributed by atoms with Gasteiger partial charge in [0.2, 0.25) is 0 Å². The van der Waals surface area contributed by atoms with Crippen LogP contribution in [0.3, 0.4) is 0 Å². The number of aliphatic hydroxyl groups is 1. The molecule has 0 radical (unpaired) electrons. The standard InChI is InChI=1S/C24H27N5O3/c25-5-6-32-18-3-1-17(2-4-18)28-21-9-20(19(13-27-21)23(26)30)29-22-15-7-14-8-16(22)12-24(31,10-14)11-15/h1-4,9,13-16,22,31H,6-8,10-12H2,(H2,26,30)(H2,27,28,29)/t14-,15+,16-,22-,24+. The number of nitrogens with one attached hydrogen (secondary N) is 2. The number of nitrogens with zero attached hydrogens (tertiary/aromatic N) is 2. The average Bonchev–Trinajstić information content (AvgIpc) is 2.74. The van der Waals surface area contributed by atoms with Crippen molar-refractivity contribution in [1.82, 2.24) is 4.98 Å². The van der Waals surface area contributed by atoms with E-state index in [1.165, 1.54) is 6.20 Å². The summed E-state index contributed by atoms with van der Waals surface area (Å²) in [6.07, 6.45) is 6.32. The van der Waals surface area contributed by atoms with Gasteiger partial charge in [-0.1, -0.05) is 0 Å². The number of hydrogen-bond acceptors (Lipinski definition) is 7. The lowest BCUT2D eigenvalue weighted by Gasteiger charge is -2.58. The van der Waals surface area contributed by atoms with E-state index >= 15 is 0 Å². The quantitative estimate of drug-likeness (QED) is 0.527. The normalized spacial score (nSPS) is 29.9. The zero-order chi connectivity index (χ0) is 22.3. The summed E-state index contributed by atoms with van der Waals surface area (Å²) in [6, 6.07) is 11.2. The molecular formula is C24H27N5O3. The van der Waals surface area contributed by atoms with Gasteiger partial charge in [-0.05, 0) is 74.1 Å². The number of aromatic nitrogens is 1. The largest absolute Gasteiger partial charge is 0.479 e. The Labute approximate surface area is 186 Å². The van der Waals surface area contributed by atoms with Crippen molar-refractivity contribution < 1.29 is 14.6 Å². The van der Waals surface area contributed by atoms with Gasteiger partial charge in [-0.15, -0.1) is 0 Å². The van der Waals surface area contributed by atoms with E-state index in [-0.39, 0.29) is 12.6 Å². The number of carbonyl (C=O) groups excluding carboxylic acids is 1. The molecule has 6 rings (SSSR count). The predicted octanol–water partition coefficient (Wildman–Crippen LogP) is 3.18. The van der Waals surface area contributed by atoms with Gasteiger partial charge in [0.05, 0.1) is 16.9 Å². The van der Waals surface area contributed by atoms with E-state index in [1.54, 1.807) is 12.1 Å². The van der Waals surface area contributed by atoms with Crippen LogP contribution in [-0.4, -0.2) is 34.2 Å². The second-order valence-electron chi connectivity index (χ2n) is 9.44. The van der Waals surface area contributed by atoms with Crippen LogP contribution >= 0.6 is 0 Å². The van der Waals surface area contributed by atoms with Gasteiger partial charge < -0.3 is 26.2 Å². The third kappa shape index (κ3) is 3.96. The number of benzene rings is 1. The molecular weight excluding hydrogens is 406 g/mol. The molecule has 5 atom stereocenters. The Bertz CT molecular complexity index is 1050. The molecule has 4 fully saturated rings. The van der Waals surface area contributed by atoms with Crippen LogP contribution in [-0.2, 0) is 0 Å². The molecule has 32 heavy (non-hydrogen) atoms. The van der Waals surface area contributed by atoms with Crippen molar-refractivity contribution in [2.75, 3.05) is 17.2 Å². The van der Waals surface area contributed by atoms with Crippen molar-refractivity contribution >= 4 is 23.1 Å². The molecule has 0 saturated heterocycles. The van der Waals surface area contributed by atoms with Crippen LogP contribution in [0.2, 0.25) is 0 Å². The van der Waals surface area contributed by atoms with E-state index in [4.69, 9.17) is 15.7 Å². The first-order valence-corrected chi connectivity index (χ1v) is 11.1. The van der Waals surface area contributed by atoms with Crippen LogP contribution in [0.1, 0.15) is 42.5 Å². The second-order valence-corrected chi connectivity index (χ2v) is 9.44. The summed E-state index contributed by atoms with van der Waals surface area (Å²) in [5, 5.41) is 26.3. The fourth-order valence-corrected chi connectivity index (χ4v) is 6.13. The summed E-state index contributed by atoms with van der Waals surface area (Å²) in [6.45, 7) is -0.000752. The number of nitrogens with two attached hydrogens (primary N) is 1. The smallest absolute Gasteiger partial charge is 0.252 e. The van der Waals surface area contributed by atoms with Crippen molar-refractivity contribution in [2.24, 2.45) is 23.5 Å². The highest BCUT2D eigenvalue weighted by atomic mass is 16.5. The molecule has 4 aliphatic carbocycles. The van der Waals surface area contributed by atoms with Gasteiger partial charge in [0, 0.05) is 24.0 Å². The molecule has 1 aromatic heterocycles. The van der Waals surface area contributed by atoms with Gasteiger partial charge in [-0.25, -0.2) is 4.98 Å². The topological polar surface area (TPSA) is 133 Å². The number of hydrogen-bond donors (Lipinski definition) is 4. The number of primary amides is 1. The molecule has 5 N–H and O–H groups in total. The molecule has 0 aliphatic heterocycles. The molecule has 166 valence electrons.